The SMILES string of the molecule is CCOCCn1c(=NC(=O)c2cc3ccccc3o2)sc2cc(S(N)(=O)=O)ccc21. The number of carbonyl (C=O) groups is 1. The summed E-state index contributed by atoms with van der Waals surface area (Å²) in [6, 6.07) is 13.5. The molecule has 0 bridgehead atoms. The molecule has 0 aliphatic carbocycles. The van der Waals surface area contributed by atoms with E-state index in [1.54, 1.807) is 18.2 Å². The number of furan rings is 1. The molecule has 10 heteroatoms. The summed E-state index contributed by atoms with van der Waals surface area (Å²) < 4.78 is 36.9. The minimum absolute atomic E-state index is 0.00312. The Morgan fingerprint density at radius 2 is 2.03 bits per heavy atom. The molecule has 0 saturated heterocycles. The molecule has 0 fully saturated rings. The van der Waals surface area contributed by atoms with Crippen LogP contribution in [0.2, 0.25) is 0 Å². The maximum Gasteiger partial charge on any atom is 0.315 e. The normalized spacial score (nSPS) is 12.8. The summed E-state index contributed by atoms with van der Waals surface area (Å²) in [7, 11) is -3.84. The number of amides is 1. The number of thiazole rings is 1. The maximum atomic E-state index is 12.8. The van der Waals surface area contributed by atoms with Crippen molar-refractivity contribution in [1.82, 2.24) is 4.57 Å². The summed E-state index contributed by atoms with van der Waals surface area (Å²) in [5.41, 5.74) is 1.35. The standard InChI is InChI=1S/C20H19N3O5S2/c1-2-27-10-9-23-15-8-7-14(30(21,25)26)12-18(15)29-20(23)22-19(24)17-11-13-5-3-4-6-16(13)28-17/h3-8,11-12H,2,9-10H2,1H3,(H2,21,25,26). The van der Waals surface area contributed by atoms with Crippen molar-refractivity contribution < 1.29 is 22.4 Å². The van der Waals surface area contributed by atoms with Gasteiger partial charge in [0.05, 0.1) is 21.7 Å². The fraction of sp³-hybridized carbons (Fsp3) is 0.200. The topological polar surface area (TPSA) is 117 Å². The van der Waals surface area contributed by atoms with Crippen LogP contribution in [0, 0.1) is 0 Å². The lowest BCUT2D eigenvalue weighted by molar-refractivity contribution is 0.0972. The summed E-state index contributed by atoms with van der Waals surface area (Å²) in [6.07, 6.45) is 0. The number of hydrogen-bond acceptors (Lipinski definition) is 6. The van der Waals surface area contributed by atoms with Crippen molar-refractivity contribution in [3.05, 3.63) is 59.1 Å². The number of nitrogens with zero attached hydrogens (tertiary/aromatic N) is 2. The largest absolute Gasteiger partial charge is 0.451 e. The van der Waals surface area contributed by atoms with E-state index in [9.17, 15) is 13.2 Å². The highest BCUT2D eigenvalue weighted by Gasteiger charge is 2.15. The molecule has 0 aliphatic rings. The molecule has 0 radical (unpaired) electrons. The van der Waals surface area contributed by atoms with Gasteiger partial charge in [0.1, 0.15) is 5.58 Å². The summed E-state index contributed by atoms with van der Waals surface area (Å²) in [6.45, 7) is 3.33. The Morgan fingerprint density at radius 1 is 1.23 bits per heavy atom. The first kappa shape index (κ1) is 20.5. The number of rotatable bonds is 6. The van der Waals surface area contributed by atoms with Gasteiger partial charge in [-0.1, -0.05) is 29.5 Å². The van der Waals surface area contributed by atoms with Gasteiger partial charge in [0.2, 0.25) is 10.0 Å². The molecule has 2 aromatic carbocycles. The van der Waals surface area contributed by atoms with E-state index in [1.807, 2.05) is 29.7 Å². The number of fused-ring (bicyclic) bond motifs is 2. The molecule has 4 rings (SSSR count). The molecule has 2 aromatic heterocycles. The molecule has 156 valence electrons. The number of carbonyl (C=O) groups excluding carboxylic acids is 1. The van der Waals surface area contributed by atoms with Crippen LogP contribution in [0.25, 0.3) is 21.2 Å². The Balaban J connectivity index is 1.82. The van der Waals surface area contributed by atoms with Crippen LogP contribution in [0.3, 0.4) is 0 Å². The lowest BCUT2D eigenvalue weighted by Crippen LogP contribution is -2.19. The van der Waals surface area contributed by atoms with Crippen LogP contribution in [-0.4, -0.2) is 32.1 Å². The van der Waals surface area contributed by atoms with Crippen molar-refractivity contribution in [1.29, 1.82) is 0 Å². The van der Waals surface area contributed by atoms with E-state index in [1.165, 1.54) is 23.5 Å². The van der Waals surface area contributed by atoms with Crippen LogP contribution in [0.15, 0.2) is 62.8 Å². The highest BCUT2D eigenvalue weighted by molar-refractivity contribution is 7.89. The molecule has 4 aromatic rings. The van der Waals surface area contributed by atoms with Gasteiger partial charge in [-0.05, 0) is 37.3 Å². The molecule has 1 amide bonds. The number of nitrogens with two attached hydrogens (primary N) is 1. The number of primary sulfonamides is 1. The van der Waals surface area contributed by atoms with Gasteiger partial charge in [0.25, 0.3) is 0 Å². The fourth-order valence-corrected chi connectivity index (χ4v) is 4.77. The zero-order valence-electron chi connectivity index (χ0n) is 16.1. The molecule has 30 heavy (non-hydrogen) atoms. The number of benzene rings is 2. The number of aromatic nitrogens is 1. The Kier molecular flexibility index (Phi) is 5.56. The van der Waals surface area contributed by atoms with E-state index in [4.69, 9.17) is 14.3 Å². The first-order valence-electron chi connectivity index (χ1n) is 9.18. The number of sulfonamides is 1. The molecule has 0 aliphatic heterocycles. The number of hydrogen-bond donors (Lipinski definition) is 1. The molecule has 8 nitrogen and oxygen atoms in total. The van der Waals surface area contributed by atoms with E-state index in [-0.39, 0.29) is 10.7 Å². The second-order valence-electron chi connectivity index (χ2n) is 6.47. The summed E-state index contributed by atoms with van der Waals surface area (Å²) in [5, 5.41) is 6.06. The third-order valence-corrected chi connectivity index (χ3v) is 6.43. The van der Waals surface area contributed by atoms with Crippen LogP contribution in [0.1, 0.15) is 17.5 Å². The van der Waals surface area contributed by atoms with Gasteiger partial charge in [-0.15, -0.1) is 0 Å². The van der Waals surface area contributed by atoms with E-state index in [0.717, 1.165) is 10.9 Å². The molecule has 0 unspecified atom stereocenters. The van der Waals surface area contributed by atoms with Gasteiger partial charge >= 0.3 is 5.91 Å². The summed E-state index contributed by atoms with van der Waals surface area (Å²) in [5.74, 6) is -0.384. The Hall–Kier alpha value is -2.79. The summed E-state index contributed by atoms with van der Waals surface area (Å²) >= 11 is 1.20. The zero-order valence-corrected chi connectivity index (χ0v) is 17.7. The molecular formula is C20H19N3O5S2. The molecule has 2 N–H and O–H groups in total. The third kappa shape index (κ3) is 4.08. The average Bonchev–Trinajstić information content (AvgIpc) is 3.28. The van der Waals surface area contributed by atoms with Crippen LogP contribution in [0.5, 0.6) is 0 Å². The predicted octanol–water partition coefficient (Wildman–Crippen LogP) is 2.87. The second-order valence-corrected chi connectivity index (χ2v) is 9.04. The van der Waals surface area contributed by atoms with E-state index < -0.39 is 15.9 Å². The van der Waals surface area contributed by atoms with Crippen LogP contribution >= 0.6 is 11.3 Å². The highest BCUT2D eigenvalue weighted by Crippen LogP contribution is 2.22. The third-order valence-electron chi connectivity index (χ3n) is 4.48. The average molecular weight is 446 g/mol. The minimum atomic E-state index is -3.84. The van der Waals surface area contributed by atoms with Crippen molar-refractivity contribution in [2.45, 2.75) is 18.4 Å². The number of ether oxygens (including phenoxy) is 1. The van der Waals surface area contributed by atoms with Crippen molar-refractivity contribution in [3.63, 3.8) is 0 Å². The second kappa shape index (κ2) is 8.15. The molecule has 0 atom stereocenters. The smallest absolute Gasteiger partial charge is 0.315 e. The first-order valence-corrected chi connectivity index (χ1v) is 11.5. The predicted molar refractivity (Wildman–Crippen MR) is 114 cm³/mol. The monoisotopic (exact) mass is 445 g/mol. The quantitative estimate of drug-likeness (QED) is 0.458. The van der Waals surface area contributed by atoms with Crippen molar-refractivity contribution in [2.75, 3.05) is 13.2 Å². The van der Waals surface area contributed by atoms with Gasteiger partial charge < -0.3 is 13.7 Å². The lowest BCUT2D eigenvalue weighted by atomic mass is 10.2. The van der Waals surface area contributed by atoms with Gasteiger partial charge in [-0.25, -0.2) is 13.6 Å². The van der Waals surface area contributed by atoms with E-state index in [0.29, 0.717) is 34.8 Å². The lowest BCUT2D eigenvalue weighted by Gasteiger charge is -2.05. The van der Waals surface area contributed by atoms with Gasteiger partial charge in [0.15, 0.2) is 10.6 Å². The number of para-hydroxylation sites is 1. The Morgan fingerprint density at radius 3 is 2.77 bits per heavy atom. The fourth-order valence-electron chi connectivity index (χ4n) is 3.06. The van der Waals surface area contributed by atoms with Gasteiger partial charge in [-0.3, -0.25) is 4.79 Å². The Bertz CT molecular complexity index is 1380. The Labute approximate surface area is 176 Å². The van der Waals surface area contributed by atoms with Gasteiger partial charge in [-0.2, -0.15) is 4.99 Å². The van der Waals surface area contributed by atoms with Crippen molar-refractivity contribution >= 4 is 48.5 Å². The highest BCUT2D eigenvalue weighted by atomic mass is 32.2. The molecule has 0 saturated carbocycles. The van der Waals surface area contributed by atoms with Gasteiger partial charge in [0, 0.05) is 18.5 Å². The molecule has 2 heterocycles. The van der Waals surface area contributed by atoms with E-state index >= 15 is 0 Å². The first-order chi connectivity index (χ1) is 14.4. The molecular weight excluding hydrogens is 426 g/mol. The van der Waals surface area contributed by atoms with Crippen molar-refractivity contribution in [3.8, 4) is 0 Å². The van der Waals surface area contributed by atoms with Crippen molar-refractivity contribution in [2.24, 2.45) is 10.1 Å². The molecule has 0 spiro atoms. The maximum absolute atomic E-state index is 12.8. The van der Waals surface area contributed by atoms with Crippen LogP contribution in [-0.2, 0) is 21.3 Å². The van der Waals surface area contributed by atoms with Crippen LogP contribution in [0.4, 0.5) is 0 Å². The summed E-state index contributed by atoms with van der Waals surface area (Å²) in [4.78, 5) is 17.4. The van der Waals surface area contributed by atoms with Crippen LogP contribution < -0.4 is 9.94 Å². The minimum Gasteiger partial charge on any atom is -0.451 e. The zero-order chi connectivity index (χ0) is 21.3. The van der Waals surface area contributed by atoms with E-state index in [2.05, 4.69) is 4.99 Å².